The number of benzene rings is 1. The maximum atomic E-state index is 13.1. The molecule has 0 atom stereocenters. The van der Waals surface area contributed by atoms with Crippen LogP contribution in [-0.4, -0.2) is 19.4 Å². The number of carbonyl (C=O) groups excluding carboxylic acids is 1. The number of halogens is 1. The standard InChI is InChI=1S/C11H14FNO/c1-8(2)13(3)11-5-9(7-14)4-10(12)6-11/h4-8H,1-3H3. The predicted molar refractivity (Wildman–Crippen MR) is 55.3 cm³/mol. The topological polar surface area (TPSA) is 20.3 Å². The van der Waals surface area contributed by atoms with Crippen molar-refractivity contribution < 1.29 is 9.18 Å². The molecule has 0 amide bonds. The molecule has 0 saturated heterocycles. The van der Waals surface area contributed by atoms with Crippen LogP contribution in [0.4, 0.5) is 10.1 Å². The number of carbonyl (C=O) groups is 1. The number of hydrogen-bond donors (Lipinski definition) is 0. The van der Waals surface area contributed by atoms with Crippen molar-refractivity contribution in [3.05, 3.63) is 29.6 Å². The first-order valence-corrected chi connectivity index (χ1v) is 4.53. The van der Waals surface area contributed by atoms with Gasteiger partial charge in [0.25, 0.3) is 0 Å². The Kier molecular flexibility index (Phi) is 3.23. The molecule has 1 aromatic rings. The highest BCUT2D eigenvalue weighted by molar-refractivity contribution is 5.77. The van der Waals surface area contributed by atoms with Gasteiger partial charge >= 0.3 is 0 Å². The Morgan fingerprint density at radius 1 is 1.36 bits per heavy atom. The Labute approximate surface area is 83.3 Å². The van der Waals surface area contributed by atoms with Gasteiger partial charge in [-0.15, -0.1) is 0 Å². The van der Waals surface area contributed by atoms with E-state index in [2.05, 4.69) is 0 Å². The molecule has 0 aliphatic heterocycles. The van der Waals surface area contributed by atoms with E-state index in [4.69, 9.17) is 0 Å². The van der Waals surface area contributed by atoms with Crippen LogP contribution in [0.1, 0.15) is 24.2 Å². The second kappa shape index (κ2) is 4.22. The quantitative estimate of drug-likeness (QED) is 0.690. The Bertz CT molecular complexity index is 336. The normalized spacial score (nSPS) is 10.4. The molecule has 0 aromatic heterocycles. The lowest BCUT2D eigenvalue weighted by Crippen LogP contribution is -2.25. The van der Waals surface area contributed by atoms with E-state index >= 15 is 0 Å². The van der Waals surface area contributed by atoms with Gasteiger partial charge < -0.3 is 4.90 Å². The highest BCUT2D eigenvalue weighted by Gasteiger charge is 2.07. The van der Waals surface area contributed by atoms with Gasteiger partial charge in [0.1, 0.15) is 12.1 Å². The maximum Gasteiger partial charge on any atom is 0.150 e. The minimum Gasteiger partial charge on any atom is -0.372 e. The molecule has 0 spiro atoms. The fraction of sp³-hybridized carbons (Fsp3) is 0.364. The second-order valence-electron chi connectivity index (χ2n) is 3.57. The van der Waals surface area contributed by atoms with Gasteiger partial charge in [0.15, 0.2) is 0 Å². The van der Waals surface area contributed by atoms with E-state index in [0.29, 0.717) is 11.8 Å². The van der Waals surface area contributed by atoms with Crippen LogP contribution in [0.5, 0.6) is 0 Å². The van der Waals surface area contributed by atoms with E-state index < -0.39 is 0 Å². The number of hydrogen-bond acceptors (Lipinski definition) is 2. The average Bonchev–Trinajstić information content (AvgIpc) is 2.15. The van der Waals surface area contributed by atoms with Crippen molar-refractivity contribution >= 4 is 12.0 Å². The van der Waals surface area contributed by atoms with Crippen molar-refractivity contribution in [2.75, 3.05) is 11.9 Å². The van der Waals surface area contributed by atoms with Crippen molar-refractivity contribution in [2.45, 2.75) is 19.9 Å². The van der Waals surface area contributed by atoms with Crippen molar-refractivity contribution in [1.29, 1.82) is 0 Å². The van der Waals surface area contributed by atoms with Gasteiger partial charge in [-0.25, -0.2) is 4.39 Å². The molecule has 0 aliphatic rings. The molecule has 14 heavy (non-hydrogen) atoms. The molecule has 0 fully saturated rings. The molecular formula is C11H14FNO. The Morgan fingerprint density at radius 2 is 2.00 bits per heavy atom. The summed E-state index contributed by atoms with van der Waals surface area (Å²) in [7, 11) is 1.87. The van der Waals surface area contributed by atoms with Gasteiger partial charge in [-0.3, -0.25) is 4.79 Å². The summed E-state index contributed by atoms with van der Waals surface area (Å²) < 4.78 is 13.1. The summed E-state index contributed by atoms with van der Waals surface area (Å²) in [4.78, 5) is 12.4. The summed E-state index contributed by atoms with van der Waals surface area (Å²) in [5, 5.41) is 0. The van der Waals surface area contributed by atoms with Gasteiger partial charge in [-0.05, 0) is 32.0 Å². The lowest BCUT2D eigenvalue weighted by atomic mass is 10.2. The Hall–Kier alpha value is -1.38. The lowest BCUT2D eigenvalue weighted by molar-refractivity contribution is 0.112. The molecule has 0 aliphatic carbocycles. The van der Waals surface area contributed by atoms with E-state index in [1.165, 1.54) is 12.1 Å². The molecule has 0 heterocycles. The highest BCUT2D eigenvalue weighted by atomic mass is 19.1. The third-order valence-corrected chi connectivity index (χ3v) is 2.22. The molecule has 0 saturated carbocycles. The molecule has 0 bridgehead atoms. The zero-order valence-corrected chi connectivity index (χ0v) is 8.62. The molecule has 0 radical (unpaired) electrons. The zero-order chi connectivity index (χ0) is 10.7. The fourth-order valence-corrected chi connectivity index (χ4v) is 1.17. The zero-order valence-electron chi connectivity index (χ0n) is 8.62. The number of nitrogens with zero attached hydrogens (tertiary/aromatic N) is 1. The molecule has 0 N–H and O–H groups in total. The number of rotatable bonds is 3. The Morgan fingerprint density at radius 3 is 2.50 bits per heavy atom. The van der Waals surface area contributed by atoms with Crippen LogP contribution in [-0.2, 0) is 0 Å². The second-order valence-corrected chi connectivity index (χ2v) is 3.57. The van der Waals surface area contributed by atoms with Crippen LogP contribution in [0.2, 0.25) is 0 Å². The van der Waals surface area contributed by atoms with E-state index in [9.17, 15) is 9.18 Å². The first kappa shape index (κ1) is 10.7. The number of anilines is 1. The van der Waals surface area contributed by atoms with Crippen molar-refractivity contribution in [2.24, 2.45) is 0 Å². The van der Waals surface area contributed by atoms with Crippen LogP contribution in [0, 0.1) is 5.82 Å². The van der Waals surface area contributed by atoms with E-state index in [0.717, 1.165) is 5.69 Å². The smallest absolute Gasteiger partial charge is 0.150 e. The summed E-state index contributed by atoms with van der Waals surface area (Å²) in [5.74, 6) is -0.378. The number of aldehydes is 1. The van der Waals surface area contributed by atoms with Gasteiger partial charge in [-0.1, -0.05) is 0 Å². The first-order chi connectivity index (χ1) is 6.54. The van der Waals surface area contributed by atoms with Crippen molar-refractivity contribution in [1.82, 2.24) is 0 Å². The lowest BCUT2D eigenvalue weighted by Gasteiger charge is -2.23. The van der Waals surface area contributed by atoms with Crippen LogP contribution >= 0.6 is 0 Å². The van der Waals surface area contributed by atoms with Crippen LogP contribution < -0.4 is 4.90 Å². The molecule has 1 rings (SSSR count). The van der Waals surface area contributed by atoms with Gasteiger partial charge in [-0.2, -0.15) is 0 Å². The van der Waals surface area contributed by atoms with E-state index in [-0.39, 0.29) is 11.9 Å². The van der Waals surface area contributed by atoms with Crippen molar-refractivity contribution in [3.63, 3.8) is 0 Å². The largest absolute Gasteiger partial charge is 0.372 e. The van der Waals surface area contributed by atoms with Gasteiger partial charge in [0.05, 0.1) is 0 Å². The van der Waals surface area contributed by atoms with Gasteiger partial charge in [0, 0.05) is 24.3 Å². The summed E-state index contributed by atoms with van der Waals surface area (Å²) in [6.07, 6.45) is 0.654. The molecular weight excluding hydrogens is 181 g/mol. The van der Waals surface area contributed by atoms with Crippen LogP contribution in [0.3, 0.4) is 0 Å². The molecule has 2 nitrogen and oxygen atoms in total. The fourth-order valence-electron chi connectivity index (χ4n) is 1.17. The summed E-state index contributed by atoms with van der Waals surface area (Å²) >= 11 is 0. The van der Waals surface area contributed by atoms with E-state index in [1.807, 2.05) is 25.8 Å². The van der Waals surface area contributed by atoms with Crippen LogP contribution in [0.25, 0.3) is 0 Å². The highest BCUT2D eigenvalue weighted by Crippen LogP contribution is 2.18. The monoisotopic (exact) mass is 195 g/mol. The summed E-state index contributed by atoms with van der Waals surface area (Å²) in [6, 6.07) is 4.60. The third kappa shape index (κ3) is 2.31. The van der Waals surface area contributed by atoms with Crippen LogP contribution in [0.15, 0.2) is 18.2 Å². The van der Waals surface area contributed by atoms with Gasteiger partial charge in [0.2, 0.25) is 0 Å². The molecule has 3 heteroatoms. The molecule has 0 unspecified atom stereocenters. The third-order valence-electron chi connectivity index (χ3n) is 2.22. The maximum absolute atomic E-state index is 13.1. The minimum absolute atomic E-state index is 0.274. The molecule has 76 valence electrons. The molecule has 1 aromatic carbocycles. The average molecular weight is 195 g/mol. The summed E-state index contributed by atoms with van der Waals surface area (Å²) in [6.45, 7) is 4.01. The first-order valence-electron chi connectivity index (χ1n) is 4.53. The minimum atomic E-state index is -0.378. The van der Waals surface area contributed by atoms with E-state index in [1.54, 1.807) is 6.07 Å². The van der Waals surface area contributed by atoms with Crippen molar-refractivity contribution in [3.8, 4) is 0 Å². The summed E-state index contributed by atoms with van der Waals surface area (Å²) in [5.41, 5.74) is 1.09. The SMILES string of the molecule is CC(C)N(C)c1cc(F)cc(C=O)c1. The Balaban J connectivity index is 3.08. The predicted octanol–water partition coefficient (Wildman–Crippen LogP) is 2.48.